The Morgan fingerprint density at radius 3 is 2.69 bits per heavy atom. The summed E-state index contributed by atoms with van der Waals surface area (Å²) in [5.41, 5.74) is 0.120. The molecule has 1 unspecified atom stereocenters. The summed E-state index contributed by atoms with van der Waals surface area (Å²) in [6.07, 6.45) is 0.624. The van der Waals surface area contributed by atoms with Crippen molar-refractivity contribution in [3.8, 4) is 0 Å². The maximum atomic E-state index is 14.1. The SMILES string of the molecule is CC(C)C[C@H](CO)Nc1nc(NS(=O)(=O)N2CCNC(C)C2)nc(SCc2cccc(F)c2F)n1. The number of thioether (sulfide) groups is 1. The number of rotatable bonds is 11. The van der Waals surface area contributed by atoms with Gasteiger partial charge in [0, 0.05) is 37.0 Å². The van der Waals surface area contributed by atoms with E-state index in [0.29, 0.717) is 13.0 Å². The minimum Gasteiger partial charge on any atom is -0.394 e. The van der Waals surface area contributed by atoms with Crippen molar-refractivity contribution in [3.05, 3.63) is 35.4 Å². The maximum absolute atomic E-state index is 14.1. The fraction of sp³-hybridized carbons (Fsp3) is 0.571. The fourth-order valence-corrected chi connectivity index (χ4v) is 5.57. The van der Waals surface area contributed by atoms with Crippen LogP contribution in [-0.4, -0.2) is 71.1 Å². The monoisotopic (exact) mass is 531 g/mol. The van der Waals surface area contributed by atoms with E-state index in [1.54, 1.807) is 0 Å². The van der Waals surface area contributed by atoms with E-state index >= 15 is 0 Å². The first-order valence-electron chi connectivity index (χ1n) is 11.3. The summed E-state index contributed by atoms with van der Waals surface area (Å²) in [6, 6.07) is 3.51. The third-order valence-electron chi connectivity index (χ3n) is 5.20. The van der Waals surface area contributed by atoms with Crippen LogP contribution < -0.4 is 15.4 Å². The quantitative estimate of drug-likeness (QED) is 0.322. The number of hydrogen-bond donors (Lipinski definition) is 4. The van der Waals surface area contributed by atoms with Gasteiger partial charge in [0.05, 0.1) is 12.6 Å². The van der Waals surface area contributed by atoms with Crippen molar-refractivity contribution >= 4 is 33.9 Å². The van der Waals surface area contributed by atoms with Crippen LogP contribution in [0.3, 0.4) is 0 Å². The van der Waals surface area contributed by atoms with Crippen molar-refractivity contribution in [2.45, 2.75) is 50.2 Å². The fourth-order valence-electron chi connectivity index (χ4n) is 3.56. The van der Waals surface area contributed by atoms with Crippen molar-refractivity contribution < 1.29 is 22.3 Å². The second-order valence-corrected chi connectivity index (χ2v) is 11.4. The molecular formula is C21H31F2N7O3S2. The highest BCUT2D eigenvalue weighted by atomic mass is 32.2. The van der Waals surface area contributed by atoms with Crippen LogP contribution in [0.4, 0.5) is 20.7 Å². The van der Waals surface area contributed by atoms with Gasteiger partial charge in [-0.15, -0.1) is 0 Å². The molecule has 1 aliphatic rings. The van der Waals surface area contributed by atoms with E-state index in [4.69, 9.17) is 0 Å². The van der Waals surface area contributed by atoms with Gasteiger partial charge in [-0.2, -0.15) is 27.7 Å². The van der Waals surface area contributed by atoms with Gasteiger partial charge in [-0.3, -0.25) is 0 Å². The summed E-state index contributed by atoms with van der Waals surface area (Å²) in [7, 11) is -3.94. The van der Waals surface area contributed by atoms with E-state index < -0.39 is 21.8 Å². The van der Waals surface area contributed by atoms with Crippen LogP contribution in [-0.2, 0) is 16.0 Å². The molecule has 1 aromatic carbocycles. The smallest absolute Gasteiger partial charge is 0.304 e. The van der Waals surface area contributed by atoms with Gasteiger partial charge in [-0.05, 0) is 25.3 Å². The molecule has 1 aliphatic heterocycles. The number of hydrogen-bond acceptors (Lipinski definition) is 9. The van der Waals surface area contributed by atoms with Crippen molar-refractivity contribution in [1.29, 1.82) is 0 Å². The van der Waals surface area contributed by atoms with Crippen LogP contribution in [0, 0.1) is 17.6 Å². The lowest BCUT2D eigenvalue weighted by atomic mass is 10.0. The highest BCUT2D eigenvalue weighted by molar-refractivity contribution is 7.98. The molecule has 2 atom stereocenters. The molecule has 2 aromatic rings. The topological polar surface area (TPSA) is 132 Å². The zero-order valence-electron chi connectivity index (χ0n) is 19.8. The van der Waals surface area contributed by atoms with Gasteiger partial charge in [0.25, 0.3) is 0 Å². The predicted molar refractivity (Wildman–Crippen MR) is 131 cm³/mol. The summed E-state index contributed by atoms with van der Waals surface area (Å²) >= 11 is 1.01. The van der Waals surface area contributed by atoms with Gasteiger partial charge in [-0.1, -0.05) is 37.7 Å². The number of nitrogens with zero attached hydrogens (tertiary/aromatic N) is 4. The summed E-state index contributed by atoms with van der Waals surface area (Å²) in [5, 5.41) is 16.0. The Morgan fingerprint density at radius 1 is 1.26 bits per heavy atom. The first-order valence-corrected chi connectivity index (χ1v) is 13.7. The van der Waals surface area contributed by atoms with E-state index in [1.807, 2.05) is 20.8 Å². The Balaban J connectivity index is 1.85. The first kappa shape index (κ1) is 27.5. The molecule has 0 radical (unpaired) electrons. The number of halogens is 2. The van der Waals surface area contributed by atoms with Gasteiger partial charge in [0.15, 0.2) is 16.8 Å². The van der Waals surface area contributed by atoms with Gasteiger partial charge >= 0.3 is 10.2 Å². The van der Waals surface area contributed by atoms with Gasteiger partial charge in [0.2, 0.25) is 11.9 Å². The van der Waals surface area contributed by atoms with E-state index in [1.165, 1.54) is 16.4 Å². The maximum Gasteiger partial charge on any atom is 0.304 e. The van der Waals surface area contributed by atoms with Gasteiger partial charge in [-0.25, -0.2) is 13.5 Å². The minimum atomic E-state index is -3.94. The summed E-state index contributed by atoms with van der Waals surface area (Å²) in [5.74, 6) is -1.77. The van der Waals surface area contributed by atoms with E-state index in [-0.39, 0.29) is 66.1 Å². The number of benzene rings is 1. The first-order chi connectivity index (χ1) is 16.6. The van der Waals surface area contributed by atoms with E-state index in [2.05, 4.69) is 30.3 Å². The molecule has 4 N–H and O–H groups in total. The molecule has 2 heterocycles. The van der Waals surface area contributed by atoms with Crippen molar-refractivity contribution in [3.63, 3.8) is 0 Å². The Morgan fingerprint density at radius 2 is 2.00 bits per heavy atom. The summed E-state index contributed by atoms with van der Waals surface area (Å²) < 4.78 is 57.2. The Hall–Kier alpha value is -2.13. The number of aromatic nitrogens is 3. The van der Waals surface area contributed by atoms with Crippen molar-refractivity contribution in [2.24, 2.45) is 5.92 Å². The minimum absolute atomic E-state index is 0.00969. The van der Waals surface area contributed by atoms with E-state index in [9.17, 15) is 22.3 Å². The number of anilines is 2. The largest absolute Gasteiger partial charge is 0.394 e. The summed E-state index contributed by atoms with van der Waals surface area (Å²) in [6.45, 7) is 6.79. The standard InChI is InChI=1S/C21H31F2N7O3S2/c1-13(2)9-16(11-31)25-19-26-20(29-35(32,33)30-8-7-24-14(3)10-30)28-21(27-19)34-12-15-5-4-6-17(22)18(15)23/h4-6,13-14,16,24,31H,7-12H2,1-3H3,(H2,25,26,27,28,29)/t14?,16-/m1/s1. The second kappa shape index (κ2) is 12.2. The average molecular weight is 532 g/mol. The number of aliphatic hydroxyl groups excluding tert-OH is 1. The predicted octanol–water partition coefficient (Wildman–Crippen LogP) is 2.21. The lowest BCUT2D eigenvalue weighted by Crippen LogP contribution is -2.52. The van der Waals surface area contributed by atoms with Crippen LogP contribution in [0.15, 0.2) is 23.4 Å². The number of nitrogens with one attached hydrogen (secondary N) is 3. The second-order valence-electron chi connectivity index (χ2n) is 8.74. The molecule has 0 bridgehead atoms. The number of piperazine rings is 1. The summed E-state index contributed by atoms with van der Waals surface area (Å²) in [4.78, 5) is 12.7. The van der Waals surface area contributed by atoms with Gasteiger partial charge in [0.1, 0.15) is 0 Å². The molecule has 1 saturated heterocycles. The number of aliphatic hydroxyl groups is 1. The van der Waals surface area contributed by atoms with Crippen molar-refractivity contribution in [1.82, 2.24) is 24.6 Å². The zero-order chi connectivity index (χ0) is 25.6. The Kier molecular flexibility index (Phi) is 9.58. The third-order valence-corrected chi connectivity index (χ3v) is 7.55. The third kappa shape index (κ3) is 7.93. The molecule has 14 heteroatoms. The normalized spacial score (nSPS) is 18.0. The highest BCUT2D eigenvalue weighted by Crippen LogP contribution is 2.25. The molecule has 0 saturated carbocycles. The van der Waals surface area contributed by atoms with E-state index in [0.717, 1.165) is 17.8 Å². The Bertz CT molecular complexity index is 1110. The van der Waals surface area contributed by atoms with Crippen LogP contribution in [0.25, 0.3) is 0 Å². The molecule has 1 fully saturated rings. The molecule has 10 nitrogen and oxygen atoms in total. The van der Waals surface area contributed by atoms with Crippen LogP contribution in [0.5, 0.6) is 0 Å². The molecule has 0 aliphatic carbocycles. The molecule has 0 spiro atoms. The average Bonchev–Trinajstić information content (AvgIpc) is 2.79. The molecule has 194 valence electrons. The van der Waals surface area contributed by atoms with Crippen LogP contribution in [0.1, 0.15) is 32.8 Å². The molecule has 1 aromatic heterocycles. The molecule has 0 amide bonds. The lowest BCUT2D eigenvalue weighted by molar-refractivity contribution is 0.259. The lowest BCUT2D eigenvalue weighted by Gasteiger charge is -2.30. The van der Waals surface area contributed by atoms with Gasteiger partial charge < -0.3 is 15.7 Å². The van der Waals surface area contributed by atoms with Crippen LogP contribution in [0.2, 0.25) is 0 Å². The molecule has 3 rings (SSSR count). The Labute approximate surface area is 208 Å². The zero-order valence-corrected chi connectivity index (χ0v) is 21.5. The molecular weight excluding hydrogens is 500 g/mol. The highest BCUT2D eigenvalue weighted by Gasteiger charge is 2.28. The van der Waals surface area contributed by atoms with Crippen LogP contribution >= 0.6 is 11.8 Å². The van der Waals surface area contributed by atoms with Crippen molar-refractivity contribution in [2.75, 3.05) is 36.3 Å². The molecule has 35 heavy (non-hydrogen) atoms.